The number of carbonyl (C=O) groups excluding carboxylic acids is 1. The molecule has 0 aliphatic heterocycles. The van der Waals surface area contributed by atoms with Crippen LogP contribution in [0.3, 0.4) is 0 Å². The molecule has 7 heteroatoms. The number of amides is 1. The third-order valence-electron chi connectivity index (χ3n) is 4.01. The molecule has 3 heterocycles. The summed E-state index contributed by atoms with van der Waals surface area (Å²) in [6.45, 7) is 1.50. The van der Waals surface area contributed by atoms with E-state index in [1.165, 1.54) is 4.40 Å². The van der Waals surface area contributed by atoms with E-state index in [0.29, 0.717) is 28.9 Å². The van der Waals surface area contributed by atoms with Crippen LogP contribution in [0, 0.1) is 0 Å². The van der Waals surface area contributed by atoms with Gasteiger partial charge in [0.15, 0.2) is 0 Å². The Balaban J connectivity index is 1.93. The minimum Gasteiger partial charge on any atom is -0.351 e. The molecule has 0 aliphatic rings. The second-order valence-corrected chi connectivity index (χ2v) is 6.08. The smallest absolute Gasteiger partial charge is 0.267 e. The van der Waals surface area contributed by atoms with Crippen LogP contribution in [0.15, 0.2) is 35.3 Å². The molecular formula is C17H21N5O2. The Morgan fingerprint density at radius 3 is 2.88 bits per heavy atom. The molecule has 24 heavy (non-hydrogen) atoms. The molecule has 1 N–H and O–H groups in total. The van der Waals surface area contributed by atoms with Crippen LogP contribution in [0.5, 0.6) is 0 Å². The molecule has 0 fully saturated rings. The Morgan fingerprint density at radius 2 is 2.12 bits per heavy atom. The van der Waals surface area contributed by atoms with Crippen molar-refractivity contribution in [2.45, 2.75) is 6.42 Å². The number of pyridine rings is 1. The van der Waals surface area contributed by atoms with E-state index in [1.54, 1.807) is 36.0 Å². The number of aryl methyl sites for hydroxylation is 1. The van der Waals surface area contributed by atoms with Gasteiger partial charge in [-0.05, 0) is 45.3 Å². The first kappa shape index (κ1) is 16.2. The van der Waals surface area contributed by atoms with E-state index in [4.69, 9.17) is 0 Å². The largest absolute Gasteiger partial charge is 0.351 e. The van der Waals surface area contributed by atoms with Gasteiger partial charge >= 0.3 is 0 Å². The van der Waals surface area contributed by atoms with Crippen molar-refractivity contribution in [1.29, 1.82) is 0 Å². The van der Waals surface area contributed by atoms with Crippen molar-refractivity contribution in [2.24, 2.45) is 7.05 Å². The zero-order valence-electron chi connectivity index (χ0n) is 14.1. The molecule has 1 amide bonds. The first-order valence-electron chi connectivity index (χ1n) is 7.89. The Kier molecular flexibility index (Phi) is 4.35. The van der Waals surface area contributed by atoms with Crippen LogP contribution >= 0.6 is 0 Å². The summed E-state index contributed by atoms with van der Waals surface area (Å²) >= 11 is 0. The molecule has 0 bridgehead atoms. The molecule has 0 atom stereocenters. The summed E-state index contributed by atoms with van der Waals surface area (Å²) in [5.41, 5.74) is 1.35. The van der Waals surface area contributed by atoms with Crippen LogP contribution < -0.4 is 10.9 Å². The summed E-state index contributed by atoms with van der Waals surface area (Å²) in [6, 6.07) is 7.00. The third-order valence-corrected chi connectivity index (χ3v) is 4.01. The second kappa shape index (κ2) is 6.45. The summed E-state index contributed by atoms with van der Waals surface area (Å²) in [5, 5.41) is 3.34. The zero-order chi connectivity index (χ0) is 17.3. The lowest BCUT2D eigenvalue weighted by Gasteiger charge is -2.10. The lowest BCUT2D eigenvalue weighted by Crippen LogP contribution is -2.28. The van der Waals surface area contributed by atoms with E-state index in [1.807, 2.05) is 20.2 Å². The van der Waals surface area contributed by atoms with Crippen molar-refractivity contribution >= 4 is 22.6 Å². The van der Waals surface area contributed by atoms with Gasteiger partial charge in [0.1, 0.15) is 17.0 Å². The summed E-state index contributed by atoms with van der Waals surface area (Å²) in [7, 11) is 5.74. The van der Waals surface area contributed by atoms with Gasteiger partial charge in [0, 0.05) is 19.8 Å². The van der Waals surface area contributed by atoms with Crippen LogP contribution in [0.25, 0.3) is 16.7 Å². The van der Waals surface area contributed by atoms with E-state index in [2.05, 4.69) is 15.2 Å². The quantitative estimate of drug-likeness (QED) is 0.706. The monoisotopic (exact) mass is 327 g/mol. The molecule has 3 aromatic rings. The minimum atomic E-state index is -0.192. The highest BCUT2D eigenvalue weighted by Gasteiger charge is 2.17. The van der Waals surface area contributed by atoms with Gasteiger partial charge in [-0.2, -0.15) is 0 Å². The summed E-state index contributed by atoms with van der Waals surface area (Å²) in [5.74, 6) is -0.192. The summed E-state index contributed by atoms with van der Waals surface area (Å²) in [4.78, 5) is 31.6. The molecular weight excluding hydrogens is 306 g/mol. The first-order valence-corrected chi connectivity index (χ1v) is 7.89. The van der Waals surface area contributed by atoms with Crippen LogP contribution in [0.2, 0.25) is 0 Å². The van der Waals surface area contributed by atoms with Crippen molar-refractivity contribution < 1.29 is 4.79 Å². The van der Waals surface area contributed by atoms with E-state index in [9.17, 15) is 9.59 Å². The highest BCUT2D eigenvalue weighted by Crippen LogP contribution is 2.14. The van der Waals surface area contributed by atoms with Gasteiger partial charge in [-0.1, -0.05) is 6.07 Å². The van der Waals surface area contributed by atoms with Gasteiger partial charge in [0.05, 0.1) is 5.39 Å². The predicted octanol–water partition coefficient (Wildman–Crippen LogP) is 0.868. The van der Waals surface area contributed by atoms with Crippen molar-refractivity contribution in [2.75, 3.05) is 27.2 Å². The van der Waals surface area contributed by atoms with Gasteiger partial charge < -0.3 is 14.8 Å². The Morgan fingerprint density at radius 1 is 1.33 bits per heavy atom. The summed E-state index contributed by atoms with van der Waals surface area (Å²) < 4.78 is 3.16. The highest BCUT2D eigenvalue weighted by atomic mass is 16.2. The molecule has 0 spiro atoms. The van der Waals surface area contributed by atoms with Gasteiger partial charge in [-0.3, -0.25) is 14.0 Å². The lowest BCUT2D eigenvalue weighted by molar-refractivity contribution is 0.0944. The standard InChI is InChI=1S/C17H21N5O2/c1-20(2)9-6-8-18-16(23)13-11-12-15(21(13)3)19-14-7-4-5-10-22(14)17(12)24/h4-5,7,10-11H,6,8-9H2,1-3H3,(H,18,23). The van der Waals surface area contributed by atoms with Gasteiger partial charge in [-0.15, -0.1) is 0 Å². The Bertz CT molecular complexity index is 955. The predicted molar refractivity (Wildman–Crippen MR) is 93.4 cm³/mol. The number of nitrogens with one attached hydrogen (secondary N) is 1. The number of nitrogens with zero attached hydrogens (tertiary/aromatic N) is 4. The molecule has 3 aromatic heterocycles. The topological polar surface area (TPSA) is 71.6 Å². The first-order chi connectivity index (χ1) is 11.5. The Hall–Kier alpha value is -2.67. The Labute approximate surface area is 139 Å². The number of hydrogen-bond donors (Lipinski definition) is 1. The van der Waals surface area contributed by atoms with Crippen molar-refractivity contribution in [3.05, 3.63) is 46.5 Å². The normalized spacial score (nSPS) is 11.5. The molecule has 0 aliphatic carbocycles. The fourth-order valence-corrected chi connectivity index (χ4v) is 2.73. The molecule has 7 nitrogen and oxygen atoms in total. The number of rotatable bonds is 5. The van der Waals surface area contributed by atoms with Crippen LogP contribution in [0.4, 0.5) is 0 Å². The lowest BCUT2D eigenvalue weighted by atomic mass is 10.3. The maximum Gasteiger partial charge on any atom is 0.267 e. The highest BCUT2D eigenvalue weighted by molar-refractivity contribution is 5.98. The third kappa shape index (κ3) is 2.90. The fourth-order valence-electron chi connectivity index (χ4n) is 2.73. The second-order valence-electron chi connectivity index (χ2n) is 6.08. The van der Waals surface area contributed by atoms with E-state index < -0.39 is 0 Å². The molecule has 0 radical (unpaired) electrons. The van der Waals surface area contributed by atoms with Gasteiger partial charge in [0.25, 0.3) is 11.5 Å². The molecule has 0 saturated heterocycles. The fraction of sp³-hybridized carbons (Fsp3) is 0.353. The maximum atomic E-state index is 12.6. The van der Waals surface area contributed by atoms with E-state index in [0.717, 1.165) is 13.0 Å². The number of aromatic nitrogens is 3. The van der Waals surface area contributed by atoms with Crippen LogP contribution in [-0.2, 0) is 7.05 Å². The average Bonchev–Trinajstić information content (AvgIpc) is 2.89. The average molecular weight is 327 g/mol. The van der Waals surface area contributed by atoms with Gasteiger partial charge in [0.2, 0.25) is 0 Å². The van der Waals surface area contributed by atoms with Crippen LogP contribution in [0.1, 0.15) is 16.9 Å². The van der Waals surface area contributed by atoms with Gasteiger partial charge in [-0.25, -0.2) is 4.98 Å². The molecule has 0 aromatic carbocycles. The van der Waals surface area contributed by atoms with Crippen molar-refractivity contribution in [3.63, 3.8) is 0 Å². The van der Waals surface area contributed by atoms with Crippen molar-refractivity contribution in [3.8, 4) is 0 Å². The SMILES string of the molecule is CN(C)CCCNC(=O)c1cc2c(=O)n3ccccc3nc2n1C. The molecule has 0 saturated carbocycles. The summed E-state index contributed by atoms with van der Waals surface area (Å²) in [6.07, 6.45) is 2.55. The number of fused-ring (bicyclic) bond motifs is 2. The van der Waals surface area contributed by atoms with Crippen molar-refractivity contribution in [1.82, 2.24) is 24.2 Å². The van der Waals surface area contributed by atoms with E-state index in [-0.39, 0.29) is 11.5 Å². The molecule has 3 rings (SSSR count). The maximum absolute atomic E-state index is 12.6. The van der Waals surface area contributed by atoms with Crippen LogP contribution in [-0.4, -0.2) is 51.9 Å². The van der Waals surface area contributed by atoms with E-state index >= 15 is 0 Å². The number of hydrogen-bond acceptors (Lipinski definition) is 4. The molecule has 0 unspecified atom stereocenters. The molecule has 126 valence electrons. The minimum absolute atomic E-state index is 0.169. The zero-order valence-corrected chi connectivity index (χ0v) is 14.1. The number of carbonyl (C=O) groups is 1.